The van der Waals surface area contributed by atoms with Crippen LogP contribution in [0.5, 0.6) is 5.75 Å². The highest BCUT2D eigenvalue weighted by Gasteiger charge is 2.21. The van der Waals surface area contributed by atoms with Gasteiger partial charge in [-0.3, -0.25) is 4.68 Å². The first-order chi connectivity index (χ1) is 11.8. The Kier molecular flexibility index (Phi) is 4.11. The summed E-state index contributed by atoms with van der Waals surface area (Å²) in [7, 11) is 1.69. The minimum Gasteiger partial charge on any atom is -0.497 e. The van der Waals surface area contributed by atoms with Crippen molar-refractivity contribution in [1.29, 1.82) is 0 Å². The molecule has 4 heteroatoms. The summed E-state index contributed by atoms with van der Waals surface area (Å²) < 4.78 is 7.45. The average Bonchev–Trinajstić information content (AvgIpc) is 3.28. The first-order valence-corrected chi connectivity index (χ1v) is 8.69. The number of benzene rings is 2. The molecule has 1 heterocycles. The van der Waals surface area contributed by atoms with E-state index in [0.29, 0.717) is 6.04 Å². The first-order valence-electron chi connectivity index (χ1n) is 8.69. The molecule has 24 heavy (non-hydrogen) atoms. The minimum absolute atomic E-state index is 0.548. The van der Waals surface area contributed by atoms with Crippen LogP contribution in [0.15, 0.2) is 48.5 Å². The first kappa shape index (κ1) is 15.1. The van der Waals surface area contributed by atoms with Crippen molar-refractivity contribution in [3.8, 4) is 5.75 Å². The monoisotopic (exact) mass is 321 g/mol. The molecule has 1 aromatic heterocycles. The number of hydrogen-bond acceptors (Lipinski definition) is 3. The van der Waals surface area contributed by atoms with Crippen LogP contribution in [0.3, 0.4) is 0 Å². The molecule has 0 unspecified atom stereocenters. The Morgan fingerprint density at radius 3 is 2.58 bits per heavy atom. The third kappa shape index (κ3) is 2.84. The fourth-order valence-corrected chi connectivity index (χ4v) is 3.58. The van der Waals surface area contributed by atoms with Gasteiger partial charge in [-0.1, -0.05) is 37.1 Å². The van der Waals surface area contributed by atoms with Gasteiger partial charge < -0.3 is 10.1 Å². The van der Waals surface area contributed by atoms with E-state index in [0.717, 1.165) is 18.1 Å². The molecule has 0 bridgehead atoms. The van der Waals surface area contributed by atoms with Gasteiger partial charge in [0.25, 0.3) is 0 Å². The van der Waals surface area contributed by atoms with Crippen molar-refractivity contribution in [1.82, 2.24) is 9.78 Å². The number of aromatic nitrogens is 2. The Bertz CT molecular complexity index is 817. The topological polar surface area (TPSA) is 39.1 Å². The van der Waals surface area contributed by atoms with E-state index in [1.54, 1.807) is 7.11 Å². The van der Waals surface area contributed by atoms with Crippen molar-refractivity contribution in [2.45, 2.75) is 38.3 Å². The van der Waals surface area contributed by atoms with E-state index in [-0.39, 0.29) is 0 Å². The van der Waals surface area contributed by atoms with Crippen molar-refractivity contribution in [2.24, 2.45) is 0 Å². The number of nitrogens with one attached hydrogen (secondary N) is 1. The Balaban J connectivity index is 1.59. The molecule has 0 saturated heterocycles. The van der Waals surface area contributed by atoms with Gasteiger partial charge in [0.05, 0.1) is 18.7 Å². The van der Waals surface area contributed by atoms with Crippen LogP contribution < -0.4 is 10.1 Å². The number of para-hydroxylation sites is 1. The van der Waals surface area contributed by atoms with Crippen LogP contribution >= 0.6 is 0 Å². The summed E-state index contributed by atoms with van der Waals surface area (Å²) in [5, 5.41) is 9.62. The Morgan fingerprint density at radius 2 is 1.83 bits per heavy atom. The normalized spacial score (nSPS) is 15.0. The third-order valence-electron chi connectivity index (χ3n) is 4.90. The molecule has 1 fully saturated rings. The number of nitrogens with zero attached hydrogens (tertiary/aromatic N) is 2. The molecule has 4 rings (SSSR count). The van der Waals surface area contributed by atoms with Gasteiger partial charge in [-0.15, -0.1) is 0 Å². The molecule has 0 radical (unpaired) electrons. The van der Waals surface area contributed by atoms with E-state index in [9.17, 15) is 0 Å². The van der Waals surface area contributed by atoms with Gasteiger partial charge in [-0.2, -0.15) is 5.10 Å². The summed E-state index contributed by atoms with van der Waals surface area (Å²) in [6.45, 7) is 0.760. The van der Waals surface area contributed by atoms with Crippen LogP contribution in [-0.2, 0) is 6.54 Å². The van der Waals surface area contributed by atoms with Gasteiger partial charge in [0.15, 0.2) is 5.82 Å². The van der Waals surface area contributed by atoms with Crippen molar-refractivity contribution >= 4 is 16.7 Å². The maximum Gasteiger partial charge on any atom is 0.156 e. The molecule has 0 spiro atoms. The maximum absolute atomic E-state index is 5.21. The molecule has 1 saturated carbocycles. The second-order valence-electron chi connectivity index (χ2n) is 6.45. The zero-order chi connectivity index (χ0) is 16.4. The average molecular weight is 321 g/mol. The molecule has 1 N–H and O–H groups in total. The molecule has 2 aromatic carbocycles. The van der Waals surface area contributed by atoms with Gasteiger partial charge in [-0.05, 0) is 42.7 Å². The Morgan fingerprint density at radius 1 is 1.08 bits per heavy atom. The summed E-state index contributed by atoms with van der Waals surface area (Å²) in [6, 6.07) is 17.2. The van der Waals surface area contributed by atoms with Crippen molar-refractivity contribution < 1.29 is 4.74 Å². The predicted octanol–water partition coefficient (Wildman–Crippen LogP) is 4.77. The number of ether oxygens (including phenoxy) is 1. The summed E-state index contributed by atoms with van der Waals surface area (Å²) in [6.07, 6.45) is 5.11. The summed E-state index contributed by atoms with van der Waals surface area (Å²) in [4.78, 5) is 0. The van der Waals surface area contributed by atoms with E-state index in [1.165, 1.54) is 42.1 Å². The number of hydrogen-bond donors (Lipinski definition) is 1. The van der Waals surface area contributed by atoms with Gasteiger partial charge in [0.1, 0.15) is 5.75 Å². The van der Waals surface area contributed by atoms with E-state index in [1.807, 2.05) is 12.1 Å². The van der Waals surface area contributed by atoms with E-state index in [4.69, 9.17) is 9.84 Å². The van der Waals surface area contributed by atoms with Crippen LogP contribution in [-0.4, -0.2) is 16.9 Å². The molecule has 4 nitrogen and oxygen atoms in total. The maximum atomic E-state index is 5.21. The zero-order valence-electron chi connectivity index (χ0n) is 14.0. The molecule has 124 valence electrons. The smallest absolute Gasteiger partial charge is 0.156 e. The lowest BCUT2D eigenvalue weighted by Gasteiger charge is -2.10. The fourth-order valence-electron chi connectivity index (χ4n) is 3.58. The van der Waals surface area contributed by atoms with E-state index >= 15 is 0 Å². The Hall–Kier alpha value is -2.49. The van der Waals surface area contributed by atoms with Gasteiger partial charge in [0.2, 0.25) is 0 Å². The molecular weight excluding hydrogens is 298 g/mol. The quantitative estimate of drug-likeness (QED) is 0.735. The summed E-state index contributed by atoms with van der Waals surface area (Å²) >= 11 is 0. The number of fused-ring (bicyclic) bond motifs is 1. The highest BCUT2D eigenvalue weighted by molar-refractivity contribution is 5.90. The second kappa shape index (κ2) is 6.56. The zero-order valence-corrected chi connectivity index (χ0v) is 14.0. The van der Waals surface area contributed by atoms with Crippen LogP contribution in [0.1, 0.15) is 37.3 Å². The lowest BCUT2D eigenvalue weighted by molar-refractivity contribution is 0.414. The fraction of sp³-hybridized carbons (Fsp3) is 0.350. The van der Waals surface area contributed by atoms with Crippen molar-refractivity contribution in [3.63, 3.8) is 0 Å². The van der Waals surface area contributed by atoms with Crippen LogP contribution in [0.25, 0.3) is 10.9 Å². The lowest BCUT2D eigenvalue weighted by atomic mass is 10.2. The van der Waals surface area contributed by atoms with Crippen LogP contribution in [0, 0.1) is 0 Å². The molecule has 3 aromatic rings. The van der Waals surface area contributed by atoms with Gasteiger partial charge in [0, 0.05) is 11.9 Å². The molecule has 1 aliphatic carbocycles. The summed E-state index contributed by atoms with van der Waals surface area (Å²) in [5.74, 6) is 1.86. The number of methoxy groups -OCH3 is 1. The molecule has 0 amide bonds. The van der Waals surface area contributed by atoms with E-state index < -0.39 is 0 Å². The minimum atomic E-state index is 0.548. The van der Waals surface area contributed by atoms with Crippen LogP contribution in [0.4, 0.5) is 5.82 Å². The molecule has 1 aliphatic rings. The van der Waals surface area contributed by atoms with Crippen LogP contribution in [0.2, 0.25) is 0 Å². The SMILES string of the molecule is COc1ccc(CNc2nn(C3CCCC3)c3ccccc23)cc1. The second-order valence-corrected chi connectivity index (χ2v) is 6.45. The highest BCUT2D eigenvalue weighted by Crippen LogP contribution is 2.34. The molecule has 0 atom stereocenters. The van der Waals surface area contributed by atoms with Gasteiger partial charge in [-0.25, -0.2) is 0 Å². The number of rotatable bonds is 5. The molecular formula is C20H23N3O. The third-order valence-corrected chi connectivity index (χ3v) is 4.90. The van der Waals surface area contributed by atoms with Crippen molar-refractivity contribution in [2.75, 3.05) is 12.4 Å². The standard InChI is InChI=1S/C20H23N3O/c1-24-17-12-10-15(11-13-17)14-21-20-18-8-4-5-9-19(18)23(22-20)16-6-2-3-7-16/h4-5,8-13,16H,2-3,6-7,14H2,1H3,(H,21,22). The highest BCUT2D eigenvalue weighted by atomic mass is 16.5. The predicted molar refractivity (Wildman–Crippen MR) is 97.6 cm³/mol. The van der Waals surface area contributed by atoms with E-state index in [2.05, 4.69) is 46.4 Å². The Labute approximate surface area is 142 Å². The summed E-state index contributed by atoms with van der Waals surface area (Å²) in [5.41, 5.74) is 2.46. The largest absolute Gasteiger partial charge is 0.497 e. The van der Waals surface area contributed by atoms with Crippen molar-refractivity contribution in [3.05, 3.63) is 54.1 Å². The molecule has 0 aliphatic heterocycles. The lowest BCUT2D eigenvalue weighted by Crippen LogP contribution is -2.07. The van der Waals surface area contributed by atoms with Gasteiger partial charge >= 0.3 is 0 Å². The number of anilines is 1.